The molecule has 0 fully saturated rings. The molecule has 0 aliphatic carbocycles. The fraction of sp³-hybridized carbons (Fsp3) is 0.444. The Morgan fingerprint density at radius 2 is 2.00 bits per heavy atom. The summed E-state index contributed by atoms with van der Waals surface area (Å²) in [5.41, 5.74) is 3.43. The zero-order chi connectivity index (χ0) is 17.1. The number of nitrogens with one attached hydrogen (secondary N) is 2. The second-order valence-electron chi connectivity index (χ2n) is 6.11. The number of aryl methyl sites for hydroxylation is 1. The largest absolute Gasteiger partial charge is 0.382 e. The highest BCUT2D eigenvalue weighted by Gasteiger charge is 2.39. The highest BCUT2D eigenvalue weighted by molar-refractivity contribution is 6.01. The molecular formula is C18H23N3O3. The molecule has 0 bridgehead atoms. The van der Waals surface area contributed by atoms with Crippen LogP contribution >= 0.6 is 0 Å². The average Bonchev–Trinajstić information content (AvgIpc) is 2.87. The summed E-state index contributed by atoms with van der Waals surface area (Å²) < 4.78 is 5.33. The Morgan fingerprint density at radius 3 is 2.71 bits per heavy atom. The topological polar surface area (TPSA) is 70.7 Å². The standard InChI is InChI=1S/C18H23N3O3/c1-3-24-10-4-9-21-11-14-15(17(21)22)16(20-18(23)19-14)13-7-5-12(2)6-8-13/h5-8,16H,3-4,9-11H2,1-2H3,(H2,19,20,23). The van der Waals surface area contributed by atoms with Gasteiger partial charge in [0, 0.05) is 19.8 Å². The molecule has 0 saturated heterocycles. The van der Waals surface area contributed by atoms with Crippen molar-refractivity contribution in [2.75, 3.05) is 26.3 Å². The van der Waals surface area contributed by atoms with Crippen molar-refractivity contribution in [1.82, 2.24) is 15.5 Å². The van der Waals surface area contributed by atoms with E-state index >= 15 is 0 Å². The van der Waals surface area contributed by atoms with Crippen molar-refractivity contribution in [2.24, 2.45) is 0 Å². The summed E-state index contributed by atoms with van der Waals surface area (Å²) in [7, 11) is 0. The Bertz CT molecular complexity index is 667. The summed E-state index contributed by atoms with van der Waals surface area (Å²) in [6.07, 6.45) is 0.788. The highest BCUT2D eigenvalue weighted by Crippen LogP contribution is 2.32. The summed E-state index contributed by atoms with van der Waals surface area (Å²) in [4.78, 5) is 26.5. The number of hydrogen-bond donors (Lipinski definition) is 2. The molecule has 2 aliphatic rings. The van der Waals surface area contributed by atoms with E-state index in [-0.39, 0.29) is 11.9 Å². The molecule has 1 unspecified atom stereocenters. The minimum absolute atomic E-state index is 0.0143. The maximum atomic E-state index is 12.8. The number of ether oxygens (including phenoxy) is 1. The van der Waals surface area contributed by atoms with Gasteiger partial charge in [0.1, 0.15) is 0 Å². The second-order valence-corrected chi connectivity index (χ2v) is 6.11. The van der Waals surface area contributed by atoms with E-state index < -0.39 is 6.04 Å². The van der Waals surface area contributed by atoms with Crippen molar-refractivity contribution in [2.45, 2.75) is 26.3 Å². The first kappa shape index (κ1) is 16.5. The Balaban J connectivity index is 1.77. The lowest BCUT2D eigenvalue weighted by Crippen LogP contribution is -2.44. The van der Waals surface area contributed by atoms with Crippen molar-refractivity contribution in [3.8, 4) is 0 Å². The maximum Gasteiger partial charge on any atom is 0.319 e. The smallest absolute Gasteiger partial charge is 0.319 e. The lowest BCUT2D eigenvalue weighted by molar-refractivity contribution is -0.126. The predicted octanol–water partition coefficient (Wildman–Crippen LogP) is 1.87. The van der Waals surface area contributed by atoms with Crippen LogP contribution in [0.1, 0.15) is 30.5 Å². The highest BCUT2D eigenvalue weighted by atomic mass is 16.5. The van der Waals surface area contributed by atoms with E-state index in [1.165, 1.54) is 0 Å². The third kappa shape index (κ3) is 3.28. The van der Waals surface area contributed by atoms with Crippen molar-refractivity contribution < 1.29 is 14.3 Å². The molecule has 0 spiro atoms. The molecule has 2 aliphatic heterocycles. The van der Waals surface area contributed by atoms with Gasteiger partial charge in [0.05, 0.1) is 23.9 Å². The third-order valence-corrected chi connectivity index (χ3v) is 4.35. The molecule has 128 valence electrons. The molecule has 1 aromatic carbocycles. The van der Waals surface area contributed by atoms with Crippen LogP contribution < -0.4 is 10.6 Å². The van der Waals surface area contributed by atoms with E-state index in [9.17, 15) is 9.59 Å². The molecule has 0 radical (unpaired) electrons. The zero-order valence-corrected chi connectivity index (χ0v) is 14.1. The number of amides is 3. The number of hydrogen-bond acceptors (Lipinski definition) is 3. The number of rotatable bonds is 6. The Hall–Kier alpha value is -2.34. The van der Waals surface area contributed by atoms with Gasteiger partial charge in [0.15, 0.2) is 0 Å². The van der Waals surface area contributed by atoms with Crippen LogP contribution in [0.2, 0.25) is 0 Å². The average molecular weight is 329 g/mol. The van der Waals surface area contributed by atoms with Gasteiger partial charge in [0.2, 0.25) is 0 Å². The van der Waals surface area contributed by atoms with E-state index in [0.29, 0.717) is 37.6 Å². The number of carbonyl (C=O) groups excluding carboxylic acids is 2. The van der Waals surface area contributed by atoms with Crippen LogP contribution in [0, 0.1) is 6.92 Å². The molecular weight excluding hydrogens is 306 g/mol. The first-order chi connectivity index (χ1) is 11.6. The van der Waals surface area contributed by atoms with E-state index in [2.05, 4.69) is 10.6 Å². The monoisotopic (exact) mass is 329 g/mol. The van der Waals surface area contributed by atoms with Gasteiger partial charge < -0.3 is 20.3 Å². The fourth-order valence-corrected chi connectivity index (χ4v) is 3.12. The summed E-state index contributed by atoms with van der Waals surface area (Å²) >= 11 is 0. The predicted molar refractivity (Wildman–Crippen MR) is 90.3 cm³/mol. The van der Waals surface area contributed by atoms with Crippen LogP contribution in [0.4, 0.5) is 4.79 Å². The van der Waals surface area contributed by atoms with Crippen LogP contribution in [0.25, 0.3) is 0 Å². The Labute approximate surface area is 141 Å². The molecule has 6 heteroatoms. The minimum Gasteiger partial charge on any atom is -0.382 e. The summed E-state index contributed by atoms with van der Waals surface area (Å²) in [6.45, 7) is 6.36. The Morgan fingerprint density at radius 1 is 1.25 bits per heavy atom. The first-order valence-electron chi connectivity index (χ1n) is 8.34. The van der Waals surface area contributed by atoms with Gasteiger partial charge >= 0.3 is 6.03 Å². The van der Waals surface area contributed by atoms with Crippen LogP contribution in [0.15, 0.2) is 35.5 Å². The van der Waals surface area contributed by atoms with Gasteiger partial charge in [-0.25, -0.2) is 4.79 Å². The molecule has 2 heterocycles. The lowest BCUT2D eigenvalue weighted by Gasteiger charge is -2.25. The molecule has 3 amide bonds. The molecule has 6 nitrogen and oxygen atoms in total. The molecule has 0 aromatic heterocycles. The van der Waals surface area contributed by atoms with Crippen LogP contribution in [0.3, 0.4) is 0 Å². The van der Waals surface area contributed by atoms with Gasteiger partial charge in [-0.1, -0.05) is 29.8 Å². The van der Waals surface area contributed by atoms with E-state index in [0.717, 1.165) is 17.5 Å². The number of nitrogens with zero attached hydrogens (tertiary/aromatic N) is 1. The molecule has 1 aromatic rings. The van der Waals surface area contributed by atoms with Crippen molar-refractivity contribution in [1.29, 1.82) is 0 Å². The molecule has 24 heavy (non-hydrogen) atoms. The van der Waals surface area contributed by atoms with Crippen LogP contribution in [0.5, 0.6) is 0 Å². The van der Waals surface area contributed by atoms with Gasteiger partial charge in [-0.15, -0.1) is 0 Å². The third-order valence-electron chi connectivity index (χ3n) is 4.35. The van der Waals surface area contributed by atoms with E-state index in [4.69, 9.17) is 4.74 Å². The fourth-order valence-electron chi connectivity index (χ4n) is 3.12. The number of urea groups is 1. The summed E-state index contributed by atoms with van der Waals surface area (Å²) in [5.74, 6) is -0.0143. The second kappa shape index (κ2) is 7.05. The zero-order valence-electron chi connectivity index (χ0n) is 14.1. The van der Waals surface area contributed by atoms with E-state index in [1.54, 1.807) is 4.90 Å². The van der Waals surface area contributed by atoms with Crippen LogP contribution in [-0.2, 0) is 9.53 Å². The lowest BCUT2D eigenvalue weighted by atomic mass is 9.95. The minimum atomic E-state index is -0.390. The molecule has 2 N–H and O–H groups in total. The summed E-state index contributed by atoms with van der Waals surface area (Å²) in [6, 6.07) is 7.25. The van der Waals surface area contributed by atoms with Crippen molar-refractivity contribution >= 4 is 11.9 Å². The van der Waals surface area contributed by atoms with Gasteiger partial charge in [-0.05, 0) is 25.8 Å². The normalized spacial score (nSPS) is 20.1. The van der Waals surface area contributed by atoms with Crippen LogP contribution in [-0.4, -0.2) is 43.1 Å². The number of carbonyl (C=O) groups is 2. The van der Waals surface area contributed by atoms with Gasteiger partial charge in [0.25, 0.3) is 5.91 Å². The number of benzene rings is 1. The van der Waals surface area contributed by atoms with Gasteiger partial charge in [-0.2, -0.15) is 0 Å². The van der Waals surface area contributed by atoms with E-state index in [1.807, 2.05) is 38.1 Å². The molecule has 1 atom stereocenters. The molecule has 0 saturated carbocycles. The quantitative estimate of drug-likeness (QED) is 0.783. The van der Waals surface area contributed by atoms with Crippen molar-refractivity contribution in [3.05, 3.63) is 46.7 Å². The van der Waals surface area contributed by atoms with Gasteiger partial charge in [-0.3, -0.25) is 4.79 Å². The molecule has 3 rings (SSSR count). The maximum absolute atomic E-state index is 12.8. The SMILES string of the molecule is CCOCCCN1CC2=C(C1=O)C(c1ccc(C)cc1)NC(=O)N2. The Kier molecular flexibility index (Phi) is 4.85. The summed E-state index contributed by atoms with van der Waals surface area (Å²) in [5, 5.41) is 5.66. The first-order valence-corrected chi connectivity index (χ1v) is 8.34. The van der Waals surface area contributed by atoms with Crippen molar-refractivity contribution in [3.63, 3.8) is 0 Å².